The van der Waals surface area contributed by atoms with Crippen molar-refractivity contribution in [3.8, 4) is 0 Å². The molecule has 3 N–H and O–H groups in total. The van der Waals surface area contributed by atoms with Crippen molar-refractivity contribution in [2.45, 2.75) is 25.7 Å². The predicted molar refractivity (Wildman–Crippen MR) is 121 cm³/mol. The van der Waals surface area contributed by atoms with Crippen LogP contribution in [0.3, 0.4) is 0 Å². The smallest absolute Gasteiger partial charge is 0.321 e. The minimum absolute atomic E-state index is 0.0575. The van der Waals surface area contributed by atoms with Gasteiger partial charge in [0.15, 0.2) is 0 Å². The van der Waals surface area contributed by atoms with E-state index in [1.54, 1.807) is 6.20 Å². The molecule has 9 heteroatoms. The first-order chi connectivity index (χ1) is 14.7. The molecule has 1 aromatic heterocycles. The Bertz CT molecular complexity index is 866. The number of benzene rings is 1. The topological polar surface area (TPSA) is 85.4 Å². The zero-order valence-corrected chi connectivity index (χ0v) is 17.2. The summed E-state index contributed by atoms with van der Waals surface area (Å²) in [7, 11) is 6.03. The average Bonchev–Trinajstić information content (AvgIpc) is 3.45. The van der Waals surface area contributed by atoms with Crippen LogP contribution in [0.4, 0.5) is 27.9 Å². The summed E-state index contributed by atoms with van der Waals surface area (Å²) in [6.07, 6.45) is 6.30. The summed E-state index contributed by atoms with van der Waals surface area (Å²) in [6.45, 7) is 5.73. The molecule has 2 aromatic rings. The minimum atomic E-state index is -0.0575. The highest BCUT2D eigenvalue weighted by molar-refractivity contribution is 6.35. The molecule has 0 bridgehead atoms. The number of aromatic nitrogens is 2. The third-order valence-electron chi connectivity index (χ3n) is 5.50. The Morgan fingerprint density at radius 2 is 1.80 bits per heavy atom. The van der Waals surface area contributed by atoms with Gasteiger partial charge in [-0.2, -0.15) is 4.98 Å². The maximum absolute atomic E-state index is 12.3. The summed E-state index contributed by atoms with van der Waals surface area (Å²) in [5.41, 5.74) is 2.05. The van der Waals surface area contributed by atoms with Crippen LogP contribution >= 0.6 is 0 Å². The SMILES string of the molecule is [B]c1cnc(Nc2cccc(NC(=O)N3CCCC3)c2)nc1NCCN1CCCC1. The van der Waals surface area contributed by atoms with Gasteiger partial charge in [0.05, 0.1) is 0 Å². The van der Waals surface area contributed by atoms with Crippen LogP contribution in [0.25, 0.3) is 0 Å². The molecule has 2 fully saturated rings. The van der Waals surface area contributed by atoms with Crippen LogP contribution in [0.1, 0.15) is 25.7 Å². The van der Waals surface area contributed by atoms with E-state index >= 15 is 0 Å². The quantitative estimate of drug-likeness (QED) is 0.613. The fourth-order valence-corrected chi connectivity index (χ4v) is 3.86. The fourth-order valence-electron chi connectivity index (χ4n) is 3.86. The van der Waals surface area contributed by atoms with Gasteiger partial charge in [0.2, 0.25) is 5.95 Å². The molecule has 30 heavy (non-hydrogen) atoms. The van der Waals surface area contributed by atoms with E-state index in [-0.39, 0.29) is 6.03 Å². The lowest BCUT2D eigenvalue weighted by Gasteiger charge is -2.17. The third-order valence-corrected chi connectivity index (χ3v) is 5.50. The van der Waals surface area contributed by atoms with E-state index in [0.29, 0.717) is 17.2 Å². The zero-order valence-electron chi connectivity index (χ0n) is 17.2. The fraction of sp³-hybridized carbons (Fsp3) is 0.476. The maximum atomic E-state index is 12.3. The molecule has 2 aliphatic heterocycles. The van der Waals surface area contributed by atoms with Gasteiger partial charge in [-0.25, -0.2) is 9.78 Å². The number of nitrogens with one attached hydrogen (secondary N) is 3. The summed E-state index contributed by atoms with van der Waals surface area (Å²) >= 11 is 0. The molecule has 1 aromatic carbocycles. The molecule has 0 saturated carbocycles. The zero-order chi connectivity index (χ0) is 20.8. The summed E-state index contributed by atoms with van der Waals surface area (Å²) in [5.74, 6) is 1.08. The highest BCUT2D eigenvalue weighted by atomic mass is 16.2. The number of carbonyl (C=O) groups excluding carboxylic acids is 1. The Hall–Kier alpha value is -2.81. The summed E-state index contributed by atoms with van der Waals surface area (Å²) in [4.78, 5) is 25.4. The molecule has 4 rings (SSSR count). The van der Waals surface area contributed by atoms with Crippen molar-refractivity contribution in [1.82, 2.24) is 19.8 Å². The van der Waals surface area contributed by atoms with Crippen LogP contribution in [0.5, 0.6) is 0 Å². The van der Waals surface area contributed by atoms with E-state index < -0.39 is 0 Å². The number of amides is 2. The Labute approximate surface area is 178 Å². The van der Waals surface area contributed by atoms with Crippen LogP contribution in [-0.4, -0.2) is 72.9 Å². The molecule has 8 nitrogen and oxygen atoms in total. The van der Waals surface area contributed by atoms with Gasteiger partial charge in [-0.05, 0) is 62.4 Å². The normalized spacial score (nSPS) is 16.6. The molecular weight excluding hydrogens is 377 g/mol. The van der Waals surface area contributed by atoms with Gasteiger partial charge in [0, 0.05) is 43.8 Å². The number of likely N-dealkylation sites (tertiary alicyclic amines) is 2. The number of hydrogen-bond acceptors (Lipinski definition) is 6. The van der Waals surface area contributed by atoms with Crippen molar-refractivity contribution < 1.29 is 4.79 Å². The van der Waals surface area contributed by atoms with Gasteiger partial charge >= 0.3 is 6.03 Å². The van der Waals surface area contributed by atoms with Gasteiger partial charge in [-0.3, -0.25) is 0 Å². The number of hydrogen-bond donors (Lipinski definition) is 3. The van der Waals surface area contributed by atoms with E-state index in [0.717, 1.165) is 50.4 Å². The first kappa shape index (κ1) is 20.5. The maximum Gasteiger partial charge on any atom is 0.321 e. The summed E-state index contributed by atoms with van der Waals surface area (Å²) in [6, 6.07) is 7.47. The van der Waals surface area contributed by atoms with Crippen molar-refractivity contribution in [2.75, 3.05) is 55.2 Å². The lowest BCUT2D eigenvalue weighted by molar-refractivity contribution is 0.222. The van der Waals surface area contributed by atoms with Gasteiger partial charge in [-0.1, -0.05) is 6.07 Å². The molecule has 2 aliphatic rings. The summed E-state index contributed by atoms with van der Waals surface area (Å²) in [5, 5.41) is 9.46. The number of anilines is 4. The third kappa shape index (κ3) is 5.41. The Morgan fingerprint density at radius 3 is 2.60 bits per heavy atom. The van der Waals surface area contributed by atoms with E-state index in [4.69, 9.17) is 7.85 Å². The number of rotatable bonds is 7. The second-order valence-electron chi connectivity index (χ2n) is 7.80. The largest absolute Gasteiger partial charge is 0.369 e. The highest BCUT2D eigenvalue weighted by Crippen LogP contribution is 2.19. The van der Waals surface area contributed by atoms with Gasteiger partial charge in [-0.15, -0.1) is 0 Å². The Morgan fingerprint density at radius 1 is 1.07 bits per heavy atom. The van der Waals surface area contributed by atoms with Gasteiger partial charge < -0.3 is 25.8 Å². The molecule has 2 radical (unpaired) electrons. The highest BCUT2D eigenvalue weighted by Gasteiger charge is 2.17. The van der Waals surface area contributed by atoms with Gasteiger partial charge in [0.1, 0.15) is 13.7 Å². The standard InChI is InChI=1S/C21H28BN7O/c22-18-15-24-20(27-19(18)23-8-13-28-9-1-2-10-28)25-16-6-5-7-17(14-16)26-21(30)29-11-3-4-12-29/h5-7,14-15H,1-4,8-13H2,(H,26,30)(H2,23,24,25,27). The Balaban J connectivity index is 1.35. The van der Waals surface area contributed by atoms with Gasteiger partial charge in [0.25, 0.3) is 0 Å². The van der Waals surface area contributed by atoms with E-state index in [1.165, 1.54) is 25.9 Å². The van der Waals surface area contributed by atoms with Crippen molar-refractivity contribution in [3.63, 3.8) is 0 Å². The van der Waals surface area contributed by atoms with Crippen LogP contribution in [0.15, 0.2) is 30.5 Å². The molecule has 0 aliphatic carbocycles. The van der Waals surface area contributed by atoms with Crippen molar-refractivity contribution >= 4 is 42.5 Å². The predicted octanol–water partition coefficient (Wildman–Crippen LogP) is 2.15. The molecular formula is C21H28BN7O. The molecule has 156 valence electrons. The van der Waals surface area contributed by atoms with E-state index in [9.17, 15) is 4.79 Å². The minimum Gasteiger partial charge on any atom is -0.369 e. The number of carbonyl (C=O) groups is 1. The Kier molecular flexibility index (Phi) is 6.68. The molecule has 0 unspecified atom stereocenters. The average molecular weight is 405 g/mol. The second kappa shape index (κ2) is 9.80. The molecule has 3 heterocycles. The van der Waals surface area contributed by atoms with Crippen molar-refractivity contribution in [1.29, 1.82) is 0 Å². The summed E-state index contributed by atoms with van der Waals surface area (Å²) < 4.78 is 0. The second-order valence-corrected chi connectivity index (χ2v) is 7.80. The van der Waals surface area contributed by atoms with Crippen LogP contribution in [0.2, 0.25) is 0 Å². The number of nitrogens with zero attached hydrogens (tertiary/aromatic N) is 4. The van der Waals surface area contributed by atoms with Crippen LogP contribution in [-0.2, 0) is 0 Å². The molecule has 2 amide bonds. The van der Waals surface area contributed by atoms with Crippen molar-refractivity contribution in [3.05, 3.63) is 30.5 Å². The molecule has 0 spiro atoms. The molecule has 0 atom stereocenters. The van der Waals surface area contributed by atoms with Crippen LogP contribution in [0, 0.1) is 0 Å². The molecule has 2 saturated heterocycles. The first-order valence-corrected chi connectivity index (χ1v) is 10.7. The first-order valence-electron chi connectivity index (χ1n) is 10.7. The monoisotopic (exact) mass is 405 g/mol. The lowest BCUT2D eigenvalue weighted by atomic mass is 9.99. The van der Waals surface area contributed by atoms with E-state index in [1.807, 2.05) is 29.2 Å². The number of urea groups is 1. The lowest BCUT2D eigenvalue weighted by Crippen LogP contribution is -2.32. The van der Waals surface area contributed by atoms with Crippen LogP contribution < -0.4 is 21.4 Å². The van der Waals surface area contributed by atoms with Crippen molar-refractivity contribution in [2.24, 2.45) is 0 Å². The van der Waals surface area contributed by atoms with E-state index in [2.05, 4.69) is 30.8 Å².